The van der Waals surface area contributed by atoms with Crippen LogP contribution in [0, 0.1) is 17.8 Å². The molecule has 5 atom stereocenters. The molecule has 2 fully saturated rings. The number of isocyanates is 2. The lowest BCUT2D eigenvalue weighted by Crippen LogP contribution is -2.39. The zero-order valence-corrected chi connectivity index (χ0v) is 22.0. The van der Waals surface area contributed by atoms with Crippen LogP contribution >= 0.6 is 7.82 Å². The molecule has 1 saturated heterocycles. The number of nitrogens with one attached hydrogen (secondary N) is 1. The van der Waals surface area contributed by atoms with Crippen molar-refractivity contribution in [3.63, 3.8) is 0 Å². The molecule has 3 rings (SSSR count). The van der Waals surface area contributed by atoms with E-state index < -0.39 is 44.1 Å². The Hall–Kier alpha value is -2.53. The Bertz CT molecular complexity index is 1210. The topological polar surface area (TPSA) is 210 Å². The summed E-state index contributed by atoms with van der Waals surface area (Å²) in [4.78, 5) is 70.3. The van der Waals surface area contributed by atoms with E-state index in [-0.39, 0.29) is 23.3 Å². The van der Waals surface area contributed by atoms with Crippen molar-refractivity contribution < 1.29 is 38.3 Å². The lowest BCUT2D eigenvalue weighted by Gasteiger charge is -2.44. The number of aryl methyl sites for hydroxylation is 1. The molecule has 1 aromatic heterocycles. The summed E-state index contributed by atoms with van der Waals surface area (Å²) in [5, 5.41) is 9.79. The van der Waals surface area contributed by atoms with Gasteiger partial charge in [0.1, 0.15) is 12.3 Å². The molecule has 1 aromatic rings. The van der Waals surface area contributed by atoms with E-state index in [4.69, 9.17) is 14.5 Å². The summed E-state index contributed by atoms with van der Waals surface area (Å²) in [6.45, 7) is 7.85. The first kappa shape index (κ1) is 30.7. The van der Waals surface area contributed by atoms with Gasteiger partial charge in [-0.05, 0) is 37.0 Å². The first-order chi connectivity index (χ1) is 17.1. The van der Waals surface area contributed by atoms with Gasteiger partial charge in [-0.1, -0.05) is 20.8 Å². The van der Waals surface area contributed by atoms with E-state index >= 15 is 0 Å². The molecule has 37 heavy (non-hydrogen) atoms. The van der Waals surface area contributed by atoms with Crippen molar-refractivity contribution >= 4 is 20.0 Å². The number of H-pyrrole nitrogens is 1. The second-order valence-electron chi connectivity index (χ2n) is 10.5. The monoisotopic (exact) mass is 544 g/mol. The number of hydrogen-bond donors (Lipinski definition) is 4. The quantitative estimate of drug-likeness (QED) is 0.216. The maximum Gasteiger partial charge on any atom is 0.469 e. The summed E-state index contributed by atoms with van der Waals surface area (Å²) in [5.74, 6) is 0. The number of aromatic amines is 1. The van der Waals surface area contributed by atoms with E-state index in [2.05, 4.69) is 40.3 Å². The van der Waals surface area contributed by atoms with Crippen LogP contribution in [0.1, 0.15) is 58.2 Å². The standard InChI is InChI=1S/C12H18N2O2.C10H15N2O8P/c1-11(2)4-10(14-9-16)5-12(3,6-11)7-13-8-15;1-5-3-12(10(15)11-9(5)14)8-2-6(13)7(20-8)4-19-21(16,17)18/h10H,4-7H2,1-3H3;3,6-8,13H,2,4H2,1H3,(H,11,14,15)(H2,16,17,18)/t;6-,7+,8+/m.0/s1. The first-order valence-corrected chi connectivity index (χ1v) is 13.1. The average Bonchev–Trinajstić information content (AvgIpc) is 3.12. The van der Waals surface area contributed by atoms with Crippen molar-refractivity contribution in [3.8, 4) is 0 Å². The van der Waals surface area contributed by atoms with Crippen LogP contribution in [0.3, 0.4) is 0 Å². The molecule has 0 radical (unpaired) electrons. The lowest BCUT2D eigenvalue weighted by molar-refractivity contribution is -0.0451. The van der Waals surface area contributed by atoms with Gasteiger partial charge in [0.05, 0.1) is 25.3 Å². The van der Waals surface area contributed by atoms with Gasteiger partial charge in [0, 0.05) is 18.2 Å². The number of carbonyl (C=O) groups excluding carboxylic acids is 2. The molecule has 2 unspecified atom stereocenters. The van der Waals surface area contributed by atoms with Crippen LogP contribution in [0.25, 0.3) is 0 Å². The van der Waals surface area contributed by atoms with Gasteiger partial charge in [-0.2, -0.15) is 0 Å². The molecular formula is C22H33N4O10P. The maximum atomic E-state index is 11.7. The van der Waals surface area contributed by atoms with Crippen molar-refractivity contribution in [1.82, 2.24) is 9.55 Å². The zero-order valence-electron chi connectivity index (χ0n) is 21.1. The SMILES string of the molecule is CC1(C)CC(N=C=O)CC(C)(CN=C=O)C1.Cc1cn([C@H]2C[C@H](O)[C@@H](COP(=O)(O)O)O2)c(=O)[nH]c1=O. The van der Waals surface area contributed by atoms with E-state index in [0.29, 0.717) is 12.1 Å². The molecule has 0 spiro atoms. The van der Waals surface area contributed by atoms with Gasteiger partial charge >= 0.3 is 13.5 Å². The molecule has 2 aliphatic rings. The lowest BCUT2D eigenvalue weighted by atomic mass is 9.63. The van der Waals surface area contributed by atoms with Crippen molar-refractivity contribution in [2.75, 3.05) is 13.2 Å². The second kappa shape index (κ2) is 12.3. The number of aliphatic hydroxyl groups is 1. The molecule has 1 saturated carbocycles. The van der Waals surface area contributed by atoms with E-state index in [1.165, 1.54) is 13.1 Å². The van der Waals surface area contributed by atoms with Gasteiger partial charge in [-0.3, -0.25) is 18.9 Å². The Morgan fingerprint density at radius 2 is 1.92 bits per heavy atom. The van der Waals surface area contributed by atoms with Crippen molar-refractivity contribution in [3.05, 3.63) is 32.6 Å². The zero-order chi connectivity index (χ0) is 28.0. The summed E-state index contributed by atoms with van der Waals surface area (Å²) in [5.41, 5.74) is -0.862. The number of nitrogens with zero attached hydrogens (tertiary/aromatic N) is 3. The minimum atomic E-state index is -4.67. The largest absolute Gasteiger partial charge is 0.469 e. The first-order valence-electron chi connectivity index (χ1n) is 11.5. The number of phosphoric ester groups is 1. The minimum absolute atomic E-state index is 0.00750. The van der Waals surface area contributed by atoms with Crippen LogP contribution < -0.4 is 11.2 Å². The highest BCUT2D eigenvalue weighted by Crippen LogP contribution is 2.47. The number of hydrogen-bond acceptors (Lipinski definition) is 10. The molecule has 206 valence electrons. The Labute approximate surface area is 212 Å². The van der Waals surface area contributed by atoms with Crippen LogP contribution in [0.4, 0.5) is 0 Å². The predicted molar refractivity (Wildman–Crippen MR) is 129 cm³/mol. The molecule has 1 aliphatic heterocycles. The highest BCUT2D eigenvalue weighted by Gasteiger charge is 2.41. The summed E-state index contributed by atoms with van der Waals surface area (Å²) >= 11 is 0. The fraction of sp³-hybridized carbons (Fsp3) is 0.727. The highest BCUT2D eigenvalue weighted by atomic mass is 31.2. The van der Waals surface area contributed by atoms with Crippen LogP contribution in [0.2, 0.25) is 0 Å². The Balaban J connectivity index is 0.000000271. The van der Waals surface area contributed by atoms with E-state index in [9.17, 15) is 28.8 Å². The smallest absolute Gasteiger partial charge is 0.390 e. The van der Waals surface area contributed by atoms with Crippen LogP contribution in [-0.2, 0) is 23.4 Å². The number of aromatic nitrogens is 2. The molecule has 15 heteroatoms. The van der Waals surface area contributed by atoms with Crippen molar-refractivity contribution in [2.45, 2.75) is 77.9 Å². The number of phosphoric acid groups is 1. The Kier molecular flexibility index (Phi) is 10.2. The maximum absolute atomic E-state index is 11.7. The van der Waals surface area contributed by atoms with Gasteiger partial charge in [0.25, 0.3) is 5.56 Å². The summed E-state index contributed by atoms with van der Waals surface area (Å²) in [6.07, 6.45) is 4.31. The summed E-state index contributed by atoms with van der Waals surface area (Å²) in [7, 11) is -4.67. The molecule has 14 nitrogen and oxygen atoms in total. The summed E-state index contributed by atoms with van der Waals surface area (Å²) < 4.78 is 21.4. The summed E-state index contributed by atoms with van der Waals surface area (Å²) in [6, 6.07) is 0.00750. The van der Waals surface area contributed by atoms with Gasteiger partial charge in [-0.15, -0.1) is 0 Å². The molecule has 0 bridgehead atoms. The highest BCUT2D eigenvalue weighted by molar-refractivity contribution is 7.46. The van der Waals surface area contributed by atoms with E-state index in [1.54, 1.807) is 12.2 Å². The molecule has 4 N–H and O–H groups in total. The van der Waals surface area contributed by atoms with E-state index in [1.807, 2.05) is 0 Å². The second-order valence-corrected chi connectivity index (χ2v) is 11.8. The van der Waals surface area contributed by atoms with Gasteiger partial charge in [0.2, 0.25) is 12.2 Å². The molecular weight excluding hydrogens is 511 g/mol. The fourth-order valence-corrected chi connectivity index (χ4v) is 5.44. The number of rotatable bonds is 7. The van der Waals surface area contributed by atoms with Crippen LogP contribution in [0.5, 0.6) is 0 Å². The van der Waals surface area contributed by atoms with Crippen molar-refractivity contribution in [2.24, 2.45) is 20.8 Å². The third kappa shape index (κ3) is 9.37. The Morgan fingerprint density at radius 1 is 1.24 bits per heavy atom. The van der Waals surface area contributed by atoms with Crippen LogP contribution in [0.15, 0.2) is 25.8 Å². The predicted octanol–water partition coefficient (Wildman–Crippen LogP) is 0.846. The van der Waals surface area contributed by atoms with Crippen molar-refractivity contribution in [1.29, 1.82) is 0 Å². The number of aliphatic imine (C=N–C) groups is 2. The van der Waals surface area contributed by atoms with Gasteiger partial charge < -0.3 is 19.6 Å². The Morgan fingerprint density at radius 3 is 2.51 bits per heavy atom. The average molecular weight is 544 g/mol. The normalized spacial score (nSPS) is 28.8. The number of aliphatic hydroxyl groups excluding tert-OH is 1. The number of ether oxygens (including phenoxy) is 1. The van der Waals surface area contributed by atoms with Gasteiger partial charge in [0.15, 0.2) is 0 Å². The third-order valence-corrected chi connectivity index (χ3v) is 6.74. The van der Waals surface area contributed by atoms with E-state index in [0.717, 1.165) is 23.8 Å². The van der Waals surface area contributed by atoms with Crippen LogP contribution in [-0.4, -0.2) is 68.0 Å². The molecule has 1 aliphatic carbocycles. The molecule has 0 aromatic carbocycles. The third-order valence-electron chi connectivity index (χ3n) is 6.25. The minimum Gasteiger partial charge on any atom is -0.390 e. The fourth-order valence-electron chi connectivity index (χ4n) is 5.09. The molecule has 0 amide bonds. The molecule has 2 heterocycles. The van der Waals surface area contributed by atoms with Gasteiger partial charge in [-0.25, -0.2) is 28.9 Å².